The summed E-state index contributed by atoms with van der Waals surface area (Å²) in [6.45, 7) is 2.83. The topological polar surface area (TPSA) is 47.6 Å². The van der Waals surface area contributed by atoms with Gasteiger partial charge in [0.2, 0.25) is 0 Å². The summed E-state index contributed by atoms with van der Waals surface area (Å²) < 4.78 is 11.5. The summed E-state index contributed by atoms with van der Waals surface area (Å²) in [5.74, 6) is 0.989. The van der Waals surface area contributed by atoms with Crippen molar-refractivity contribution in [3.8, 4) is 11.5 Å². The Morgan fingerprint density at radius 2 is 1.54 bits per heavy atom. The van der Waals surface area contributed by atoms with Gasteiger partial charge >= 0.3 is 0 Å². The van der Waals surface area contributed by atoms with E-state index in [0.717, 1.165) is 11.3 Å². The molecule has 0 bridgehead atoms. The van der Waals surface area contributed by atoms with Gasteiger partial charge in [0, 0.05) is 11.3 Å². The Bertz CT molecular complexity index is 848. The van der Waals surface area contributed by atoms with Crippen LogP contribution in [0.15, 0.2) is 78.9 Å². The second-order valence-electron chi connectivity index (χ2n) is 5.69. The van der Waals surface area contributed by atoms with Crippen LogP contribution in [0, 0.1) is 0 Å². The van der Waals surface area contributed by atoms with E-state index >= 15 is 0 Å². The van der Waals surface area contributed by atoms with E-state index in [1.807, 2.05) is 67.6 Å². The lowest BCUT2D eigenvalue weighted by Gasteiger charge is -2.13. The van der Waals surface area contributed by atoms with Gasteiger partial charge in [-0.25, -0.2) is 0 Å². The Morgan fingerprint density at radius 3 is 2.23 bits per heavy atom. The molecule has 26 heavy (non-hydrogen) atoms. The Morgan fingerprint density at radius 1 is 0.846 bits per heavy atom. The van der Waals surface area contributed by atoms with Crippen molar-refractivity contribution in [3.05, 3.63) is 90.0 Å². The molecule has 0 spiro atoms. The van der Waals surface area contributed by atoms with E-state index in [1.165, 1.54) is 0 Å². The van der Waals surface area contributed by atoms with Crippen LogP contribution in [0.4, 0.5) is 5.69 Å². The van der Waals surface area contributed by atoms with Crippen LogP contribution in [0.3, 0.4) is 0 Å². The van der Waals surface area contributed by atoms with E-state index in [2.05, 4.69) is 5.32 Å². The molecule has 4 heteroatoms. The third-order valence-corrected chi connectivity index (χ3v) is 3.77. The SMILES string of the molecule is CCOc1cc(C(=O)Nc2ccccc2)ccc1OCc1ccccc1. The van der Waals surface area contributed by atoms with Gasteiger partial charge in [-0.15, -0.1) is 0 Å². The highest BCUT2D eigenvalue weighted by molar-refractivity contribution is 6.04. The predicted molar refractivity (Wildman–Crippen MR) is 103 cm³/mol. The number of anilines is 1. The van der Waals surface area contributed by atoms with E-state index in [0.29, 0.717) is 30.3 Å². The number of hydrogen-bond donors (Lipinski definition) is 1. The summed E-state index contributed by atoms with van der Waals surface area (Å²) in [5.41, 5.74) is 2.34. The number of hydrogen-bond acceptors (Lipinski definition) is 3. The maximum Gasteiger partial charge on any atom is 0.255 e. The molecule has 0 aliphatic heterocycles. The quantitative estimate of drug-likeness (QED) is 0.660. The Balaban J connectivity index is 1.74. The van der Waals surface area contributed by atoms with Crippen molar-refractivity contribution in [1.29, 1.82) is 0 Å². The summed E-state index contributed by atoms with van der Waals surface area (Å²) in [7, 11) is 0. The van der Waals surface area contributed by atoms with Gasteiger partial charge in [0.05, 0.1) is 6.61 Å². The largest absolute Gasteiger partial charge is 0.490 e. The average molecular weight is 347 g/mol. The lowest BCUT2D eigenvalue weighted by molar-refractivity contribution is 0.102. The molecule has 0 atom stereocenters. The zero-order valence-electron chi connectivity index (χ0n) is 14.6. The van der Waals surface area contributed by atoms with Crippen LogP contribution in [0.1, 0.15) is 22.8 Å². The normalized spacial score (nSPS) is 10.2. The molecule has 3 aromatic rings. The van der Waals surface area contributed by atoms with Crippen LogP contribution in [0.25, 0.3) is 0 Å². The number of nitrogens with one attached hydrogen (secondary N) is 1. The van der Waals surface area contributed by atoms with E-state index in [1.54, 1.807) is 18.2 Å². The van der Waals surface area contributed by atoms with E-state index in [-0.39, 0.29) is 5.91 Å². The third kappa shape index (κ3) is 4.63. The Labute approximate surface area is 153 Å². The molecule has 0 aliphatic carbocycles. The molecule has 132 valence electrons. The molecule has 0 heterocycles. The fourth-order valence-electron chi connectivity index (χ4n) is 2.50. The van der Waals surface area contributed by atoms with Crippen LogP contribution in [-0.2, 0) is 6.61 Å². The molecular formula is C22H21NO3. The van der Waals surface area contributed by atoms with Crippen LogP contribution in [0.2, 0.25) is 0 Å². The van der Waals surface area contributed by atoms with Gasteiger partial charge in [-0.1, -0.05) is 48.5 Å². The highest BCUT2D eigenvalue weighted by Crippen LogP contribution is 2.29. The number of ether oxygens (including phenoxy) is 2. The number of benzene rings is 3. The van der Waals surface area contributed by atoms with Crippen molar-refractivity contribution in [3.63, 3.8) is 0 Å². The number of carbonyl (C=O) groups excluding carboxylic acids is 1. The van der Waals surface area contributed by atoms with Crippen LogP contribution in [-0.4, -0.2) is 12.5 Å². The minimum absolute atomic E-state index is 0.188. The highest BCUT2D eigenvalue weighted by Gasteiger charge is 2.12. The maximum atomic E-state index is 12.5. The fourth-order valence-corrected chi connectivity index (χ4v) is 2.50. The minimum Gasteiger partial charge on any atom is -0.490 e. The Kier molecular flexibility index (Phi) is 5.88. The highest BCUT2D eigenvalue weighted by atomic mass is 16.5. The maximum absolute atomic E-state index is 12.5. The van der Waals surface area contributed by atoms with Gasteiger partial charge in [0.15, 0.2) is 11.5 Å². The zero-order valence-corrected chi connectivity index (χ0v) is 14.6. The molecule has 4 nitrogen and oxygen atoms in total. The van der Waals surface area contributed by atoms with Crippen LogP contribution in [0.5, 0.6) is 11.5 Å². The molecule has 0 aliphatic rings. The summed E-state index contributed by atoms with van der Waals surface area (Å²) in [5, 5.41) is 2.87. The van der Waals surface area contributed by atoms with Crippen molar-refractivity contribution in [1.82, 2.24) is 0 Å². The average Bonchev–Trinajstić information content (AvgIpc) is 2.69. The molecule has 3 rings (SSSR count). The molecule has 0 radical (unpaired) electrons. The first-order valence-corrected chi connectivity index (χ1v) is 8.56. The van der Waals surface area contributed by atoms with Gasteiger partial charge in [-0.05, 0) is 42.8 Å². The van der Waals surface area contributed by atoms with E-state index < -0.39 is 0 Å². The molecular weight excluding hydrogens is 326 g/mol. The lowest BCUT2D eigenvalue weighted by Crippen LogP contribution is -2.12. The molecule has 0 saturated heterocycles. The molecule has 0 fully saturated rings. The van der Waals surface area contributed by atoms with Crippen LogP contribution >= 0.6 is 0 Å². The summed E-state index contributed by atoms with van der Waals surface area (Å²) in [4.78, 5) is 12.5. The number of para-hydroxylation sites is 1. The standard InChI is InChI=1S/C22H21NO3/c1-2-25-21-15-18(22(24)23-19-11-7-4-8-12-19)13-14-20(21)26-16-17-9-5-3-6-10-17/h3-15H,2,16H2,1H3,(H,23,24). The second-order valence-corrected chi connectivity index (χ2v) is 5.69. The Hall–Kier alpha value is -3.27. The predicted octanol–water partition coefficient (Wildman–Crippen LogP) is 4.92. The van der Waals surface area contributed by atoms with Crippen molar-refractivity contribution in [2.75, 3.05) is 11.9 Å². The first-order valence-electron chi connectivity index (χ1n) is 8.56. The molecule has 0 unspecified atom stereocenters. The van der Waals surface area contributed by atoms with E-state index in [9.17, 15) is 4.79 Å². The summed E-state index contributed by atoms with van der Waals surface area (Å²) in [6, 6.07) is 24.5. The molecule has 1 amide bonds. The minimum atomic E-state index is -0.188. The molecule has 0 aromatic heterocycles. The van der Waals surface area contributed by atoms with Gasteiger partial charge in [0.1, 0.15) is 6.61 Å². The first kappa shape index (κ1) is 17.5. The molecule has 3 aromatic carbocycles. The van der Waals surface area contributed by atoms with Crippen molar-refractivity contribution in [2.45, 2.75) is 13.5 Å². The smallest absolute Gasteiger partial charge is 0.255 e. The number of carbonyl (C=O) groups is 1. The van der Waals surface area contributed by atoms with Crippen LogP contribution < -0.4 is 14.8 Å². The first-order chi connectivity index (χ1) is 12.8. The van der Waals surface area contributed by atoms with Crippen molar-refractivity contribution in [2.24, 2.45) is 0 Å². The van der Waals surface area contributed by atoms with Gasteiger partial charge < -0.3 is 14.8 Å². The van der Waals surface area contributed by atoms with Gasteiger partial charge in [-0.2, -0.15) is 0 Å². The number of amides is 1. The monoisotopic (exact) mass is 347 g/mol. The van der Waals surface area contributed by atoms with E-state index in [4.69, 9.17) is 9.47 Å². The lowest BCUT2D eigenvalue weighted by atomic mass is 10.1. The van der Waals surface area contributed by atoms with Crippen molar-refractivity contribution >= 4 is 11.6 Å². The zero-order chi connectivity index (χ0) is 18.2. The van der Waals surface area contributed by atoms with Gasteiger partial charge in [0.25, 0.3) is 5.91 Å². The number of rotatable bonds is 7. The molecule has 0 saturated carbocycles. The summed E-state index contributed by atoms with van der Waals surface area (Å²) in [6.07, 6.45) is 0. The summed E-state index contributed by atoms with van der Waals surface area (Å²) >= 11 is 0. The molecule has 1 N–H and O–H groups in total. The third-order valence-electron chi connectivity index (χ3n) is 3.77. The second kappa shape index (κ2) is 8.72. The van der Waals surface area contributed by atoms with Crippen molar-refractivity contribution < 1.29 is 14.3 Å². The van der Waals surface area contributed by atoms with Gasteiger partial charge in [-0.3, -0.25) is 4.79 Å². The fraction of sp³-hybridized carbons (Fsp3) is 0.136.